The first kappa shape index (κ1) is 26.5. The van der Waals surface area contributed by atoms with Gasteiger partial charge in [0.05, 0.1) is 6.61 Å². The SMILES string of the molecule is CCCNc1nc(NCC(F)(F)F)nc2c(NCCO)nc(NCC(F)(F)F)nc12.Cl. The van der Waals surface area contributed by atoms with Crippen LogP contribution < -0.4 is 21.3 Å². The number of halogens is 7. The third-order valence-corrected chi connectivity index (χ3v) is 3.38. The van der Waals surface area contributed by atoms with Gasteiger partial charge in [-0.3, -0.25) is 0 Å². The summed E-state index contributed by atoms with van der Waals surface area (Å²) in [6.45, 7) is -0.947. The summed E-state index contributed by atoms with van der Waals surface area (Å²) in [7, 11) is 0. The summed E-state index contributed by atoms with van der Waals surface area (Å²) < 4.78 is 75.2. The molecule has 0 aliphatic carbocycles. The molecule has 9 nitrogen and oxygen atoms in total. The minimum Gasteiger partial charge on any atom is -0.395 e. The lowest BCUT2D eigenvalue weighted by Gasteiger charge is -2.16. The van der Waals surface area contributed by atoms with Gasteiger partial charge in [0.15, 0.2) is 11.6 Å². The van der Waals surface area contributed by atoms with E-state index in [-0.39, 0.29) is 60.1 Å². The number of fused-ring (bicyclic) bond motifs is 1. The van der Waals surface area contributed by atoms with Crippen molar-refractivity contribution in [3.63, 3.8) is 0 Å². The fraction of sp³-hybridized carbons (Fsp3) is 0.600. The van der Waals surface area contributed by atoms with Crippen LogP contribution in [0.5, 0.6) is 0 Å². The van der Waals surface area contributed by atoms with Gasteiger partial charge in [0.25, 0.3) is 0 Å². The lowest BCUT2D eigenvalue weighted by Crippen LogP contribution is -2.24. The Morgan fingerprint density at radius 3 is 1.48 bits per heavy atom. The lowest BCUT2D eigenvalue weighted by molar-refractivity contribution is -0.116. The number of hydrogen-bond acceptors (Lipinski definition) is 9. The van der Waals surface area contributed by atoms with Crippen LogP contribution in [0.25, 0.3) is 11.0 Å². The molecular formula is C15H21ClF6N8O. The van der Waals surface area contributed by atoms with Crippen LogP contribution >= 0.6 is 12.4 Å². The Morgan fingerprint density at radius 1 is 0.710 bits per heavy atom. The van der Waals surface area contributed by atoms with Gasteiger partial charge in [-0.2, -0.15) is 36.3 Å². The first-order chi connectivity index (χ1) is 14.0. The zero-order valence-corrected chi connectivity index (χ0v) is 17.0. The van der Waals surface area contributed by atoms with Gasteiger partial charge in [-0.05, 0) is 6.42 Å². The third kappa shape index (κ3) is 8.61. The van der Waals surface area contributed by atoms with Crippen LogP contribution in [-0.2, 0) is 0 Å². The Morgan fingerprint density at radius 2 is 1.13 bits per heavy atom. The Hall–Kier alpha value is -2.55. The number of aliphatic hydroxyl groups excluding tert-OH is 1. The molecule has 0 amide bonds. The van der Waals surface area contributed by atoms with Crippen LogP contribution in [0, 0.1) is 0 Å². The van der Waals surface area contributed by atoms with Crippen LogP contribution in [-0.4, -0.2) is 70.2 Å². The van der Waals surface area contributed by atoms with E-state index in [1.165, 1.54) is 0 Å². The molecule has 2 aromatic rings. The van der Waals surface area contributed by atoms with E-state index < -0.39 is 25.4 Å². The summed E-state index contributed by atoms with van der Waals surface area (Å²) in [5.41, 5.74) is -0.0274. The lowest BCUT2D eigenvalue weighted by atomic mass is 10.3. The van der Waals surface area contributed by atoms with E-state index in [9.17, 15) is 26.3 Å². The van der Waals surface area contributed by atoms with Gasteiger partial charge in [0.2, 0.25) is 11.9 Å². The molecule has 0 radical (unpaired) electrons. The van der Waals surface area contributed by atoms with Gasteiger partial charge in [-0.1, -0.05) is 6.92 Å². The van der Waals surface area contributed by atoms with E-state index in [1.54, 1.807) is 0 Å². The summed E-state index contributed by atoms with van der Waals surface area (Å²) >= 11 is 0. The summed E-state index contributed by atoms with van der Waals surface area (Å²) in [4.78, 5) is 15.8. The van der Waals surface area contributed by atoms with E-state index in [4.69, 9.17) is 5.11 Å². The van der Waals surface area contributed by atoms with E-state index in [0.717, 1.165) is 0 Å². The van der Waals surface area contributed by atoms with Gasteiger partial charge in [-0.25, -0.2) is 9.97 Å². The maximum Gasteiger partial charge on any atom is 0.405 e. The van der Waals surface area contributed by atoms with Crippen molar-refractivity contribution in [1.82, 2.24) is 19.9 Å². The highest BCUT2D eigenvalue weighted by atomic mass is 35.5. The number of rotatable bonds is 10. The van der Waals surface area contributed by atoms with Crippen LogP contribution in [0.15, 0.2) is 0 Å². The van der Waals surface area contributed by atoms with Gasteiger partial charge in [0, 0.05) is 13.1 Å². The van der Waals surface area contributed by atoms with Gasteiger partial charge in [-0.15, -0.1) is 12.4 Å². The van der Waals surface area contributed by atoms with Gasteiger partial charge in [0.1, 0.15) is 24.1 Å². The maximum atomic E-state index is 12.5. The van der Waals surface area contributed by atoms with Crippen molar-refractivity contribution >= 4 is 47.0 Å². The second kappa shape index (κ2) is 11.2. The summed E-state index contributed by atoms with van der Waals surface area (Å²) in [5.74, 6) is -0.809. The predicted molar refractivity (Wildman–Crippen MR) is 106 cm³/mol. The molecule has 16 heteroatoms. The van der Waals surface area contributed by atoms with Crippen LogP contribution in [0.4, 0.5) is 49.9 Å². The second-order valence-corrected chi connectivity index (χ2v) is 6.00. The summed E-state index contributed by atoms with van der Waals surface area (Å²) in [6, 6.07) is 0. The minimum atomic E-state index is -4.53. The Balaban J connectivity index is 0.00000480. The number of aliphatic hydroxyl groups is 1. The Bertz CT molecular complexity index is 782. The van der Waals surface area contributed by atoms with E-state index in [2.05, 4.69) is 35.9 Å². The number of hydrogen-bond donors (Lipinski definition) is 5. The van der Waals surface area contributed by atoms with Crippen molar-refractivity contribution in [3.8, 4) is 0 Å². The molecule has 2 heterocycles. The normalized spacial score (nSPS) is 11.7. The third-order valence-electron chi connectivity index (χ3n) is 3.38. The number of aromatic nitrogens is 4. The molecule has 0 fully saturated rings. The smallest absolute Gasteiger partial charge is 0.395 e. The number of nitrogens with zero attached hydrogens (tertiary/aromatic N) is 4. The molecule has 176 valence electrons. The molecule has 0 spiro atoms. The second-order valence-electron chi connectivity index (χ2n) is 6.00. The number of nitrogens with one attached hydrogen (secondary N) is 4. The van der Waals surface area contributed by atoms with E-state index in [1.807, 2.05) is 12.2 Å². The van der Waals surface area contributed by atoms with Gasteiger partial charge < -0.3 is 26.4 Å². The standard InChI is InChI=1S/C15H20F6N8O.ClH/c1-2-3-22-10-8-9(27-12(28-10)24-6-14(16,17)18)11(23-4-5-30)29-13(26-8)25-7-15(19,20)21;/h30H,2-7H2,1H3,(H2,22,24,27,28)(H2,23,25,26,29);1H. The first-order valence-electron chi connectivity index (χ1n) is 8.82. The van der Waals surface area contributed by atoms with Crippen molar-refractivity contribution in [1.29, 1.82) is 0 Å². The van der Waals surface area contributed by atoms with Crippen molar-refractivity contribution < 1.29 is 31.4 Å². The predicted octanol–water partition coefficient (Wildman–Crippen LogP) is 3.02. The molecule has 0 atom stereocenters. The molecule has 0 aliphatic rings. The maximum absolute atomic E-state index is 12.5. The zero-order chi connectivity index (χ0) is 22.4. The molecule has 0 aliphatic heterocycles. The average molecular weight is 479 g/mol. The van der Waals surface area contributed by atoms with Crippen molar-refractivity contribution in [2.24, 2.45) is 0 Å². The Kier molecular flexibility index (Phi) is 9.55. The molecule has 2 rings (SSSR count). The molecule has 31 heavy (non-hydrogen) atoms. The average Bonchev–Trinajstić information content (AvgIpc) is 2.66. The molecular weight excluding hydrogens is 458 g/mol. The quantitative estimate of drug-likeness (QED) is 0.328. The molecule has 2 aromatic heterocycles. The summed E-state index contributed by atoms with van der Waals surface area (Å²) in [6.07, 6.45) is -8.41. The topological polar surface area (TPSA) is 120 Å². The van der Waals surface area contributed by atoms with Crippen molar-refractivity contribution in [2.45, 2.75) is 25.7 Å². The fourth-order valence-corrected chi connectivity index (χ4v) is 2.20. The summed E-state index contributed by atoms with van der Waals surface area (Å²) in [5, 5.41) is 18.7. The number of anilines is 4. The molecule has 0 saturated carbocycles. The number of alkyl halides is 6. The highest BCUT2D eigenvalue weighted by Crippen LogP contribution is 2.28. The molecule has 5 N–H and O–H groups in total. The highest BCUT2D eigenvalue weighted by molar-refractivity contribution is 5.94. The molecule has 0 unspecified atom stereocenters. The van der Waals surface area contributed by atoms with Crippen molar-refractivity contribution in [2.75, 3.05) is 54.1 Å². The van der Waals surface area contributed by atoms with Crippen LogP contribution in [0.3, 0.4) is 0 Å². The van der Waals surface area contributed by atoms with Gasteiger partial charge >= 0.3 is 12.4 Å². The fourth-order valence-electron chi connectivity index (χ4n) is 2.20. The van der Waals surface area contributed by atoms with E-state index >= 15 is 0 Å². The molecule has 0 saturated heterocycles. The van der Waals surface area contributed by atoms with E-state index in [0.29, 0.717) is 13.0 Å². The highest BCUT2D eigenvalue weighted by Gasteiger charge is 2.29. The first-order valence-corrected chi connectivity index (χ1v) is 8.82. The van der Waals surface area contributed by atoms with Crippen LogP contribution in [0.2, 0.25) is 0 Å². The van der Waals surface area contributed by atoms with Crippen molar-refractivity contribution in [3.05, 3.63) is 0 Å². The molecule has 0 bridgehead atoms. The minimum absolute atomic E-state index is 0. The molecule has 0 aromatic carbocycles. The monoisotopic (exact) mass is 478 g/mol. The Labute approximate surface area is 178 Å². The zero-order valence-electron chi connectivity index (χ0n) is 16.2. The largest absolute Gasteiger partial charge is 0.405 e. The van der Waals surface area contributed by atoms with Crippen LogP contribution in [0.1, 0.15) is 13.3 Å².